The molecule has 0 aromatic heterocycles. The Morgan fingerprint density at radius 3 is 2.53 bits per heavy atom. The van der Waals surface area contributed by atoms with Crippen molar-refractivity contribution in [3.05, 3.63) is 29.8 Å². The third-order valence-electron chi connectivity index (χ3n) is 3.21. The van der Waals surface area contributed by atoms with Crippen LogP contribution in [0.4, 0.5) is 5.69 Å². The standard InChI is InChI=1S/C16H27N/c1-5-6-7-9-14(4)17-16-11-8-10-15(12-16)13(2)3/h8,10-14,17H,5-7,9H2,1-4H3. The van der Waals surface area contributed by atoms with E-state index >= 15 is 0 Å². The minimum Gasteiger partial charge on any atom is -0.383 e. The Hall–Kier alpha value is -0.980. The molecule has 0 heterocycles. The summed E-state index contributed by atoms with van der Waals surface area (Å²) in [6.45, 7) is 9.01. The normalized spacial score (nSPS) is 12.8. The van der Waals surface area contributed by atoms with Gasteiger partial charge in [-0.2, -0.15) is 0 Å². The molecule has 0 bridgehead atoms. The lowest BCUT2D eigenvalue weighted by Crippen LogP contribution is -2.14. The van der Waals surface area contributed by atoms with Gasteiger partial charge in [0.1, 0.15) is 0 Å². The van der Waals surface area contributed by atoms with Crippen LogP contribution in [-0.2, 0) is 0 Å². The van der Waals surface area contributed by atoms with Crippen LogP contribution in [0.2, 0.25) is 0 Å². The molecule has 0 spiro atoms. The average molecular weight is 233 g/mol. The predicted molar refractivity (Wildman–Crippen MR) is 77.8 cm³/mol. The highest BCUT2D eigenvalue weighted by Gasteiger charge is 2.03. The second-order valence-corrected chi connectivity index (χ2v) is 5.32. The Kier molecular flexibility index (Phi) is 6.10. The first-order valence-electron chi connectivity index (χ1n) is 7.00. The minimum absolute atomic E-state index is 0.573. The molecular weight excluding hydrogens is 206 g/mol. The summed E-state index contributed by atoms with van der Waals surface area (Å²) in [6, 6.07) is 9.38. The molecule has 0 aliphatic carbocycles. The number of nitrogens with one attached hydrogen (secondary N) is 1. The highest BCUT2D eigenvalue weighted by Crippen LogP contribution is 2.19. The van der Waals surface area contributed by atoms with Gasteiger partial charge in [0.15, 0.2) is 0 Å². The van der Waals surface area contributed by atoms with Crippen molar-refractivity contribution in [1.82, 2.24) is 0 Å². The van der Waals surface area contributed by atoms with Crippen molar-refractivity contribution in [3.63, 3.8) is 0 Å². The Morgan fingerprint density at radius 2 is 1.88 bits per heavy atom. The van der Waals surface area contributed by atoms with Gasteiger partial charge in [-0.15, -0.1) is 0 Å². The molecule has 1 atom stereocenters. The van der Waals surface area contributed by atoms with E-state index in [1.807, 2.05) is 0 Å². The molecule has 0 aliphatic rings. The Labute approximate surface area is 107 Å². The van der Waals surface area contributed by atoms with Crippen molar-refractivity contribution in [2.75, 3.05) is 5.32 Å². The van der Waals surface area contributed by atoms with Crippen LogP contribution in [-0.4, -0.2) is 6.04 Å². The molecule has 0 saturated heterocycles. The van der Waals surface area contributed by atoms with E-state index in [4.69, 9.17) is 0 Å². The van der Waals surface area contributed by atoms with Crippen molar-refractivity contribution < 1.29 is 0 Å². The van der Waals surface area contributed by atoms with Gasteiger partial charge in [0, 0.05) is 11.7 Å². The van der Waals surface area contributed by atoms with Crippen molar-refractivity contribution in [3.8, 4) is 0 Å². The maximum atomic E-state index is 3.60. The third-order valence-corrected chi connectivity index (χ3v) is 3.21. The summed E-state index contributed by atoms with van der Waals surface area (Å²) in [5, 5.41) is 3.60. The van der Waals surface area contributed by atoms with Gasteiger partial charge in [-0.05, 0) is 37.0 Å². The summed E-state index contributed by atoms with van der Waals surface area (Å²) >= 11 is 0. The van der Waals surface area contributed by atoms with Crippen LogP contribution in [0.15, 0.2) is 24.3 Å². The van der Waals surface area contributed by atoms with E-state index < -0.39 is 0 Å². The molecule has 96 valence electrons. The number of benzene rings is 1. The summed E-state index contributed by atoms with van der Waals surface area (Å²) < 4.78 is 0. The maximum Gasteiger partial charge on any atom is 0.0345 e. The molecule has 0 saturated carbocycles. The van der Waals surface area contributed by atoms with Crippen molar-refractivity contribution in [2.24, 2.45) is 0 Å². The summed E-state index contributed by atoms with van der Waals surface area (Å²) in [5.74, 6) is 0.604. The molecule has 0 aliphatic heterocycles. The van der Waals surface area contributed by atoms with Gasteiger partial charge >= 0.3 is 0 Å². The van der Waals surface area contributed by atoms with Crippen LogP contribution in [0.1, 0.15) is 64.9 Å². The van der Waals surface area contributed by atoms with Crippen LogP contribution in [0, 0.1) is 0 Å². The molecule has 1 rings (SSSR count). The van der Waals surface area contributed by atoms with Gasteiger partial charge in [0.05, 0.1) is 0 Å². The molecule has 0 fully saturated rings. The first-order chi connectivity index (χ1) is 8.13. The molecule has 1 aromatic rings. The number of hydrogen-bond donors (Lipinski definition) is 1. The second kappa shape index (κ2) is 7.37. The largest absolute Gasteiger partial charge is 0.383 e. The second-order valence-electron chi connectivity index (χ2n) is 5.32. The van der Waals surface area contributed by atoms with Gasteiger partial charge in [-0.3, -0.25) is 0 Å². The predicted octanol–water partition coefficient (Wildman–Crippen LogP) is 5.19. The molecule has 17 heavy (non-hydrogen) atoms. The smallest absolute Gasteiger partial charge is 0.0345 e. The quantitative estimate of drug-likeness (QED) is 0.639. The van der Waals surface area contributed by atoms with Crippen LogP contribution in [0.3, 0.4) is 0 Å². The number of unbranched alkanes of at least 4 members (excludes halogenated alkanes) is 2. The van der Waals surface area contributed by atoms with E-state index in [1.54, 1.807) is 0 Å². The molecule has 1 aromatic carbocycles. The SMILES string of the molecule is CCCCCC(C)Nc1cccc(C(C)C)c1. The number of anilines is 1. The zero-order valence-electron chi connectivity index (χ0n) is 11.8. The van der Waals surface area contributed by atoms with Crippen molar-refractivity contribution >= 4 is 5.69 Å². The maximum absolute atomic E-state index is 3.60. The van der Waals surface area contributed by atoms with Gasteiger partial charge in [-0.25, -0.2) is 0 Å². The molecule has 0 amide bonds. The highest BCUT2D eigenvalue weighted by molar-refractivity contribution is 5.47. The molecule has 1 heteroatoms. The number of hydrogen-bond acceptors (Lipinski definition) is 1. The molecule has 1 nitrogen and oxygen atoms in total. The zero-order valence-corrected chi connectivity index (χ0v) is 11.8. The van der Waals surface area contributed by atoms with E-state index in [-0.39, 0.29) is 0 Å². The lowest BCUT2D eigenvalue weighted by molar-refractivity contribution is 0.615. The molecule has 1 unspecified atom stereocenters. The van der Waals surface area contributed by atoms with Crippen molar-refractivity contribution in [2.45, 2.75) is 65.3 Å². The highest BCUT2D eigenvalue weighted by atomic mass is 14.9. The topological polar surface area (TPSA) is 12.0 Å². The van der Waals surface area contributed by atoms with E-state index in [2.05, 4.69) is 57.3 Å². The Balaban J connectivity index is 2.47. The van der Waals surface area contributed by atoms with Crippen LogP contribution in [0.25, 0.3) is 0 Å². The van der Waals surface area contributed by atoms with E-state index in [0.29, 0.717) is 12.0 Å². The van der Waals surface area contributed by atoms with Gasteiger partial charge in [-0.1, -0.05) is 52.2 Å². The van der Waals surface area contributed by atoms with Crippen LogP contribution >= 0.6 is 0 Å². The summed E-state index contributed by atoms with van der Waals surface area (Å²) in [4.78, 5) is 0. The van der Waals surface area contributed by atoms with Crippen LogP contribution in [0.5, 0.6) is 0 Å². The monoisotopic (exact) mass is 233 g/mol. The van der Waals surface area contributed by atoms with Gasteiger partial charge in [0.2, 0.25) is 0 Å². The minimum atomic E-state index is 0.573. The summed E-state index contributed by atoms with van der Waals surface area (Å²) in [5.41, 5.74) is 2.68. The summed E-state index contributed by atoms with van der Waals surface area (Å²) in [7, 11) is 0. The lowest BCUT2D eigenvalue weighted by atomic mass is 10.0. The molecule has 0 radical (unpaired) electrons. The number of rotatable bonds is 7. The van der Waals surface area contributed by atoms with E-state index in [0.717, 1.165) is 0 Å². The lowest BCUT2D eigenvalue weighted by Gasteiger charge is -2.16. The van der Waals surface area contributed by atoms with Crippen LogP contribution < -0.4 is 5.32 Å². The van der Waals surface area contributed by atoms with Gasteiger partial charge < -0.3 is 5.32 Å². The summed E-state index contributed by atoms with van der Waals surface area (Å²) in [6.07, 6.45) is 5.24. The average Bonchev–Trinajstić information content (AvgIpc) is 2.29. The zero-order chi connectivity index (χ0) is 12.7. The Bertz CT molecular complexity index is 317. The van der Waals surface area contributed by atoms with E-state index in [1.165, 1.54) is 36.9 Å². The molecular formula is C16H27N. The van der Waals surface area contributed by atoms with E-state index in [9.17, 15) is 0 Å². The fraction of sp³-hybridized carbons (Fsp3) is 0.625. The first kappa shape index (κ1) is 14.1. The first-order valence-corrected chi connectivity index (χ1v) is 7.00. The third kappa shape index (κ3) is 5.25. The van der Waals surface area contributed by atoms with Crippen molar-refractivity contribution in [1.29, 1.82) is 0 Å². The van der Waals surface area contributed by atoms with Gasteiger partial charge in [0.25, 0.3) is 0 Å². The fourth-order valence-electron chi connectivity index (χ4n) is 2.04. The fourth-order valence-corrected chi connectivity index (χ4v) is 2.04. The Morgan fingerprint density at radius 1 is 1.12 bits per heavy atom. The molecule has 1 N–H and O–H groups in total.